The van der Waals surface area contributed by atoms with Crippen LogP contribution in [-0.4, -0.2) is 19.1 Å². The van der Waals surface area contributed by atoms with Crippen LogP contribution in [0.25, 0.3) is 0 Å². The fraction of sp³-hybridized carbons (Fsp3) is 0.278. The highest BCUT2D eigenvalue weighted by Gasteiger charge is 2.32. The lowest BCUT2D eigenvalue weighted by Crippen LogP contribution is -2.17. The van der Waals surface area contributed by atoms with Crippen LogP contribution in [0.2, 0.25) is 0 Å². The molecule has 25 heavy (non-hydrogen) atoms. The van der Waals surface area contributed by atoms with Crippen molar-refractivity contribution in [2.75, 3.05) is 23.8 Å². The minimum absolute atomic E-state index is 0.0381. The molecule has 0 aliphatic rings. The number of hydrogen-bond donors (Lipinski definition) is 2. The minimum Gasteiger partial charge on any atom is -0.494 e. The first-order valence-electron chi connectivity index (χ1n) is 7.83. The van der Waals surface area contributed by atoms with Gasteiger partial charge in [-0.2, -0.15) is 13.2 Å². The van der Waals surface area contributed by atoms with E-state index in [1.165, 1.54) is 18.2 Å². The Morgan fingerprint density at radius 3 is 2.40 bits per heavy atom. The second-order valence-electron chi connectivity index (χ2n) is 5.23. The van der Waals surface area contributed by atoms with E-state index in [0.29, 0.717) is 18.0 Å². The molecule has 2 aromatic carbocycles. The smallest absolute Gasteiger partial charge is 0.418 e. The van der Waals surface area contributed by atoms with E-state index >= 15 is 0 Å². The van der Waals surface area contributed by atoms with Gasteiger partial charge in [-0.3, -0.25) is 4.79 Å². The van der Waals surface area contributed by atoms with E-state index in [2.05, 4.69) is 10.6 Å². The first-order valence-corrected chi connectivity index (χ1v) is 7.83. The molecule has 0 saturated carbocycles. The number of ether oxygens (including phenoxy) is 1. The zero-order chi connectivity index (χ0) is 18.3. The number of carbonyl (C=O) groups is 1. The maximum absolute atomic E-state index is 12.9. The van der Waals surface area contributed by atoms with Gasteiger partial charge in [-0.25, -0.2) is 0 Å². The Labute approximate surface area is 144 Å². The lowest BCUT2D eigenvalue weighted by atomic mass is 10.1. The molecule has 0 unspecified atom stereocenters. The Kier molecular flexibility index (Phi) is 6.27. The molecule has 2 aromatic rings. The molecular formula is C18H19F3N2O2. The fourth-order valence-corrected chi connectivity index (χ4v) is 2.22. The van der Waals surface area contributed by atoms with E-state index < -0.39 is 11.7 Å². The SMILES string of the molecule is CCOc1ccc(NC(=O)CCNc2ccccc2C(F)(F)F)cc1. The van der Waals surface area contributed by atoms with Crippen LogP contribution >= 0.6 is 0 Å². The maximum Gasteiger partial charge on any atom is 0.418 e. The number of benzene rings is 2. The molecule has 0 fully saturated rings. The van der Waals surface area contributed by atoms with E-state index in [1.54, 1.807) is 24.3 Å². The number of anilines is 2. The normalized spacial score (nSPS) is 11.0. The third-order valence-electron chi connectivity index (χ3n) is 3.35. The molecule has 0 radical (unpaired) electrons. The maximum atomic E-state index is 12.9. The Morgan fingerprint density at radius 2 is 1.76 bits per heavy atom. The lowest BCUT2D eigenvalue weighted by Gasteiger charge is -2.14. The van der Waals surface area contributed by atoms with E-state index in [9.17, 15) is 18.0 Å². The van der Waals surface area contributed by atoms with Crippen molar-refractivity contribution in [3.05, 3.63) is 54.1 Å². The van der Waals surface area contributed by atoms with Gasteiger partial charge in [-0.15, -0.1) is 0 Å². The van der Waals surface area contributed by atoms with Gasteiger partial charge >= 0.3 is 6.18 Å². The topological polar surface area (TPSA) is 50.4 Å². The second kappa shape index (κ2) is 8.41. The van der Waals surface area contributed by atoms with Crippen molar-refractivity contribution in [2.45, 2.75) is 19.5 Å². The molecule has 134 valence electrons. The zero-order valence-electron chi connectivity index (χ0n) is 13.7. The molecule has 1 amide bonds. The van der Waals surface area contributed by atoms with Gasteiger partial charge in [0, 0.05) is 24.3 Å². The van der Waals surface area contributed by atoms with Crippen LogP contribution < -0.4 is 15.4 Å². The van der Waals surface area contributed by atoms with E-state index in [1.807, 2.05) is 6.92 Å². The van der Waals surface area contributed by atoms with Crippen molar-refractivity contribution in [1.29, 1.82) is 0 Å². The third-order valence-corrected chi connectivity index (χ3v) is 3.35. The van der Waals surface area contributed by atoms with Gasteiger partial charge in [0.15, 0.2) is 0 Å². The lowest BCUT2D eigenvalue weighted by molar-refractivity contribution is -0.137. The molecule has 0 atom stereocenters. The van der Waals surface area contributed by atoms with Crippen LogP contribution in [-0.2, 0) is 11.0 Å². The summed E-state index contributed by atoms with van der Waals surface area (Å²) in [4.78, 5) is 11.9. The molecule has 0 aromatic heterocycles. The Hall–Kier alpha value is -2.70. The van der Waals surface area contributed by atoms with Crippen LogP contribution in [0.15, 0.2) is 48.5 Å². The largest absolute Gasteiger partial charge is 0.494 e. The van der Waals surface area contributed by atoms with E-state index in [-0.39, 0.29) is 24.6 Å². The number of hydrogen-bond acceptors (Lipinski definition) is 3. The average molecular weight is 352 g/mol. The predicted octanol–water partition coefficient (Wildman–Crippen LogP) is 4.54. The van der Waals surface area contributed by atoms with Gasteiger partial charge in [-0.05, 0) is 43.3 Å². The van der Waals surface area contributed by atoms with Crippen molar-refractivity contribution in [2.24, 2.45) is 0 Å². The molecule has 2 rings (SSSR count). The van der Waals surface area contributed by atoms with Gasteiger partial charge < -0.3 is 15.4 Å². The van der Waals surface area contributed by atoms with Crippen molar-refractivity contribution < 1.29 is 22.7 Å². The van der Waals surface area contributed by atoms with Gasteiger partial charge in [0.05, 0.1) is 12.2 Å². The zero-order valence-corrected chi connectivity index (χ0v) is 13.7. The molecule has 4 nitrogen and oxygen atoms in total. The second-order valence-corrected chi connectivity index (χ2v) is 5.23. The monoisotopic (exact) mass is 352 g/mol. The van der Waals surface area contributed by atoms with Crippen LogP contribution in [0.4, 0.5) is 24.5 Å². The van der Waals surface area contributed by atoms with Crippen molar-refractivity contribution in [3.63, 3.8) is 0 Å². The number of nitrogens with one attached hydrogen (secondary N) is 2. The molecule has 0 aliphatic carbocycles. The number of alkyl halides is 3. The summed E-state index contributed by atoms with van der Waals surface area (Å²) in [6.07, 6.45) is -4.40. The number of carbonyl (C=O) groups excluding carboxylic acids is 1. The average Bonchev–Trinajstić information content (AvgIpc) is 2.56. The predicted molar refractivity (Wildman–Crippen MR) is 90.8 cm³/mol. The van der Waals surface area contributed by atoms with Crippen molar-refractivity contribution in [3.8, 4) is 5.75 Å². The van der Waals surface area contributed by atoms with Gasteiger partial charge in [0.25, 0.3) is 0 Å². The molecule has 0 saturated heterocycles. The molecule has 2 N–H and O–H groups in total. The van der Waals surface area contributed by atoms with Gasteiger partial charge in [-0.1, -0.05) is 12.1 Å². The summed E-state index contributed by atoms with van der Waals surface area (Å²) in [5, 5.41) is 5.35. The van der Waals surface area contributed by atoms with Gasteiger partial charge in [0.1, 0.15) is 5.75 Å². The van der Waals surface area contributed by atoms with Crippen LogP contribution in [0.5, 0.6) is 5.75 Å². The molecule has 0 heterocycles. The summed E-state index contributed by atoms with van der Waals surface area (Å²) in [6, 6.07) is 12.1. The highest BCUT2D eigenvalue weighted by Crippen LogP contribution is 2.34. The highest BCUT2D eigenvalue weighted by molar-refractivity contribution is 5.91. The third kappa shape index (κ3) is 5.70. The Balaban J connectivity index is 1.85. The molecule has 7 heteroatoms. The van der Waals surface area contributed by atoms with Crippen LogP contribution in [0.3, 0.4) is 0 Å². The molecule has 0 aliphatic heterocycles. The van der Waals surface area contributed by atoms with Gasteiger partial charge in [0.2, 0.25) is 5.91 Å². The number of rotatable bonds is 7. The molecular weight excluding hydrogens is 333 g/mol. The van der Waals surface area contributed by atoms with Crippen LogP contribution in [0.1, 0.15) is 18.9 Å². The number of halogens is 3. The van der Waals surface area contributed by atoms with Crippen molar-refractivity contribution in [1.82, 2.24) is 0 Å². The van der Waals surface area contributed by atoms with Crippen molar-refractivity contribution >= 4 is 17.3 Å². The summed E-state index contributed by atoms with van der Waals surface area (Å²) in [7, 11) is 0. The summed E-state index contributed by atoms with van der Waals surface area (Å²) >= 11 is 0. The summed E-state index contributed by atoms with van der Waals surface area (Å²) < 4.78 is 43.9. The first kappa shape index (κ1) is 18.6. The fourth-order valence-electron chi connectivity index (χ4n) is 2.22. The minimum atomic E-state index is -4.44. The standard InChI is InChI=1S/C18H19F3N2O2/c1-2-25-14-9-7-13(8-10-14)23-17(24)11-12-22-16-6-4-3-5-15(16)18(19,20)21/h3-10,22H,2,11-12H2,1H3,(H,23,24). The Bertz CT molecular complexity index is 700. The molecule has 0 spiro atoms. The van der Waals surface area contributed by atoms with Crippen LogP contribution in [0, 0.1) is 0 Å². The summed E-state index contributed by atoms with van der Waals surface area (Å²) in [5.74, 6) is 0.409. The summed E-state index contributed by atoms with van der Waals surface area (Å²) in [5.41, 5.74) is -0.185. The van der Waals surface area contributed by atoms with E-state index in [0.717, 1.165) is 6.07 Å². The quantitative estimate of drug-likeness (QED) is 0.769. The molecule has 0 bridgehead atoms. The highest BCUT2D eigenvalue weighted by atomic mass is 19.4. The summed E-state index contributed by atoms with van der Waals surface area (Å²) in [6.45, 7) is 2.52. The Morgan fingerprint density at radius 1 is 1.08 bits per heavy atom. The van der Waals surface area contributed by atoms with E-state index in [4.69, 9.17) is 4.74 Å². The number of para-hydroxylation sites is 1. The first-order chi connectivity index (χ1) is 11.9. The number of amides is 1.